The fourth-order valence-electron chi connectivity index (χ4n) is 4.22. The summed E-state index contributed by atoms with van der Waals surface area (Å²) in [7, 11) is 1.56. The molecule has 0 aliphatic heterocycles. The van der Waals surface area contributed by atoms with Crippen LogP contribution in [0.5, 0.6) is 5.75 Å². The number of methoxy groups -OCH3 is 1. The first kappa shape index (κ1) is 24.5. The molecule has 0 spiro atoms. The van der Waals surface area contributed by atoms with Crippen LogP contribution in [0.15, 0.2) is 77.6 Å². The van der Waals surface area contributed by atoms with Crippen LogP contribution in [0, 0.1) is 5.92 Å². The van der Waals surface area contributed by atoms with Gasteiger partial charge < -0.3 is 9.64 Å². The highest BCUT2D eigenvalue weighted by Gasteiger charge is 2.29. The average molecular weight is 490 g/mol. The first-order chi connectivity index (χ1) is 16.8. The van der Waals surface area contributed by atoms with Gasteiger partial charge in [-0.25, -0.2) is 4.98 Å². The fraction of sp³-hybridized carbons (Fsp3) is 0.250. The molecule has 1 atom stereocenters. The molecule has 0 bridgehead atoms. The summed E-state index contributed by atoms with van der Waals surface area (Å²) >= 11 is 6.39. The lowest BCUT2D eigenvalue weighted by Crippen LogP contribution is -2.39. The van der Waals surface area contributed by atoms with Gasteiger partial charge in [-0.3, -0.25) is 14.2 Å². The highest BCUT2D eigenvalue weighted by molar-refractivity contribution is 6.33. The predicted molar refractivity (Wildman–Crippen MR) is 140 cm³/mol. The number of aromatic nitrogens is 2. The number of hydrogen-bond acceptors (Lipinski definition) is 4. The Morgan fingerprint density at radius 3 is 2.37 bits per heavy atom. The Morgan fingerprint density at radius 2 is 1.66 bits per heavy atom. The van der Waals surface area contributed by atoms with E-state index in [0.717, 1.165) is 0 Å². The molecule has 0 aliphatic rings. The van der Waals surface area contributed by atoms with Gasteiger partial charge in [0.15, 0.2) is 0 Å². The molecule has 1 unspecified atom stereocenters. The van der Waals surface area contributed by atoms with Gasteiger partial charge in [-0.1, -0.05) is 61.8 Å². The standard InChI is InChI=1S/C28H28ClN3O3/c1-18(2)17-31(27(33)20-11-5-7-13-22(20)29)19(3)26-30-23-14-8-6-12-21(23)28(34)32(26)24-15-9-10-16-25(24)35-4/h5-16,18-19H,17H2,1-4H3. The van der Waals surface area contributed by atoms with E-state index in [0.29, 0.717) is 45.3 Å². The summed E-state index contributed by atoms with van der Waals surface area (Å²) in [4.78, 5) is 34.2. The van der Waals surface area contributed by atoms with Crippen molar-refractivity contribution in [1.82, 2.24) is 14.5 Å². The molecule has 4 rings (SSSR count). The molecule has 0 N–H and O–H groups in total. The van der Waals surface area contributed by atoms with Crippen molar-refractivity contribution in [2.75, 3.05) is 13.7 Å². The Labute approximate surface area is 209 Å². The Bertz CT molecular complexity index is 1430. The summed E-state index contributed by atoms with van der Waals surface area (Å²) < 4.78 is 7.13. The number of para-hydroxylation sites is 3. The fourth-order valence-corrected chi connectivity index (χ4v) is 4.43. The lowest BCUT2D eigenvalue weighted by molar-refractivity contribution is 0.0655. The monoisotopic (exact) mass is 489 g/mol. The van der Waals surface area contributed by atoms with Crippen LogP contribution in [-0.2, 0) is 0 Å². The molecule has 1 amide bonds. The van der Waals surface area contributed by atoms with E-state index < -0.39 is 6.04 Å². The Hall–Kier alpha value is -3.64. The van der Waals surface area contributed by atoms with Gasteiger partial charge in [0.05, 0.1) is 40.3 Å². The molecule has 0 radical (unpaired) electrons. The molecular formula is C28H28ClN3O3. The van der Waals surface area contributed by atoms with Crippen LogP contribution >= 0.6 is 11.6 Å². The van der Waals surface area contributed by atoms with Crippen molar-refractivity contribution in [3.63, 3.8) is 0 Å². The lowest BCUT2D eigenvalue weighted by Gasteiger charge is -2.32. The number of ether oxygens (including phenoxy) is 1. The smallest absolute Gasteiger partial charge is 0.266 e. The van der Waals surface area contributed by atoms with Crippen molar-refractivity contribution < 1.29 is 9.53 Å². The van der Waals surface area contributed by atoms with Crippen molar-refractivity contribution in [2.45, 2.75) is 26.8 Å². The number of hydrogen-bond donors (Lipinski definition) is 0. The molecule has 180 valence electrons. The zero-order valence-electron chi connectivity index (χ0n) is 20.2. The van der Waals surface area contributed by atoms with Crippen LogP contribution in [0.4, 0.5) is 0 Å². The summed E-state index contributed by atoms with van der Waals surface area (Å²) in [6.07, 6.45) is 0. The second-order valence-corrected chi connectivity index (χ2v) is 9.21. The topological polar surface area (TPSA) is 64.4 Å². The van der Waals surface area contributed by atoms with Crippen molar-refractivity contribution in [1.29, 1.82) is 0 Å². The minimum Gasteiger partial charge on any atom is -0.495 e. The Morgan fingerprint density at radius 1 is 1.00 bits per heavy atom. The van der Waals surface area contributed by atoms with Gasteiger partial charge >= 0.3 is 0 Å². The van der Waals surface area contributed by atoms with E-state index in [-0.39, 0.29) is 17.4 Å². The quantitative estimate of drug-likeness (QED) is 0.324. The summed E-state index contributed by atoms with van der Waals surface area (Å²) in [6, 6.07) is 21.0. The number of benzene rings is 3. The second kappa shape index (κ2) is 10.3. The molecule has 0 fully saturated rings. The van der Waals surface area contributed by atoms with E-state index in [4.69, 9.17) is 21.3 Å². The predicted octanol–water partition coefficient (Wildman–Crippen LogP) is 5.91. The van der Waals surface area contributed by atoms with E-state index in [1.807, 2.05) is 57.2 Å². The van der Waals surface area contributed by atoms with Crippen LogP contribution in [0.25, 0.3) is 16.6 Å². The van der Waals surface area contributed by atoms with Crippen molar-refractivity contribution in [3.8, 4) is 11.4 Å². The van der Waals surface area contributed by atoms with E-state index in [1.54, 1.807) is 53.0 Å². The van der Waals surface area contributed by atoms with Crippen LogP contribution in [0.2, 0.25) is 5.02 Å². The molecule has 0 aliphatic carbocycles. The van der Waals surface area contributed by atoms with E-state index in [2.05, 4.69) is 0 Å². The third-order valence-corrected chi connectivity index (χ3v) is 6.23. The zero-order chi connectivity index (χ0) is 25.1. The number of amides is 1. The summed E-state index contributed by atoms with van der Waals surface area (Å²) in [5.41, 5.74) is 1.32. The van der Waals surface area contributed by atoms with E-state index in [9.17, 15) is 9.59 Å². The van der Waals surface area contributed by atoms with E-state index >= 15 is 0 Å². The van der Waals surface area contributed by atoms with Crippen LogP contribution in [0.3, 0.4) is 0 Å². The van der Waals surface area contributed by atoms with Gasteiger partial charge in [-0.05, 0) is 49.2 Å². The first-order valence-electron chi connectivity index (χ1n) is 11.5. The van der Waals surface area contributed by atoms with Crippen molar-refractivity contribution >= 4 is 28.4 Å². The van der Waals surface area contributed by atoms with Gasteiger partial charge in [0.1, 0.15) is 11.6 Å². The van der Waals surface area contributed by atoms with Gasteiger partial charge in [-0.2, -0.15) is 0 Å². The number of rotatable bonds is 7. The maximum Gasteiger partial charge on any atom is 0.266 e. The second-order valence-electron chi connectivity index (χ2n) is 8.81. The van der Waals surface area contributed by atoms with Crippen LogP contribution in [-0.4, -0.2) is 34.0 Å². The summed E-state index contributed by atoms with van der Waals surface area (Å²) in [5, 5.41) is 0.870. The Balaban J connectivity index is 1.96. The zero-order valence-corrected chi connectivity index (χ0v) is 21.0. The largest absolute Gasteiger partial charge is 0.495 e. The molecule has 0 saturated heterocycles. The molecule has 35 heavy (non-hydrogen) atoms. The average Bonchev–Trinajstić information content (AvgIpc) is 2.86. The van der Waals surface area contributed by atoms with Gasteiger partial charge in [-0.15, -0.1) is 0 Å². The molecule has 6 nitrogen and oxygen atoms in total. The number of carbonyl (C=O) groups excluding carboxylic acids is 1. The SMILES string of the molecule is COc1ccccc1-n1c(C(C)N(CC(C)C)C(=O)c2ccccc2Cl)nc2ccccc2c1=O. The molecule has 7 heteroatoms. The number of halogens is 1. The number of carbonyl (C=O) groups is 1. The summed E-state index contributed by atoms with van der Waals surface area (Å²) in [6.45, 7) is 6.43. The maximum absolute atomic E-state index is 13.8. The summed E-state index contributed by atoms with van der Waals surface area (Å²) in [5.74, 6) is 0.939. The lowest BCUT2D eigenvalue weighted by atomic mass is 10.1. The molecule has 0 saturated carbocycles. The van der Waals surface area contributed by atoms with Gasteiger partial charge in [0.25, 0.3) is 11.5 Å². The molecule has 1 heterocycles. The van der Waals surface area contributed by atoms with Crippen LogP contribution < -0.4 is 10.3 Å². The first-order valence-corrected chi connectivity index (χ1v) is 11.9. The molecular weight excluding hydrogens is 462 g/mol. The number of fused-ring (bicyclic) bond motifs is 1. The third kappa shape index (κ3) is 4.80. The maximum atomic E-state index is 13.8. The number of nitrogens with zero attached hydrogens (tertiary/aromatic N) is 3. The van der Waals surface area contributed by atoms with Crippen LogP contribution in [0.1, 0.15) is 43.0 Å². The minimum atomic E-state index is -0.539. The minimum absolute atomic E-state index is 0.177. The highest BCUT2D eigenvalue weighted by Crippen LogP contribution is 2.30. The van der Waals surface area contributed by atoms with E-state index in [1.165, 1.54) is 0 Å². The van der Waals surface area contributed by atoms with Crippen molar-refractivity contribution in [2.24, 2.45) is 5.92 Å². The van der Waals surface area contributed by atoms with Crippen molar-refractivity contribution in [3.05, 3.63) is 99.6 Å². The highest BCUT2D eigenvalue weighted by atomic mass is 35.5. The molecule has 3 aromatic carbocycles. The Kier molecular flexibility index (Phi) is 7.22. The normalized spacial score (nSPS) is 12.1. The van der Waals surface area contributed by atoms with Gasteiger partial charge in [0, 0.05) is 6.54 Å². The van der Waals surface area contributed by atoms with Gasteiger partial charge in [0.2, 0.25) is 0 Å². The molecule has 1 aromatic heterocycles. The molecule has 4 aromatic rings. The third-order valence-electron chi connectivity index (χ3n) is 5.90.